The smallest absolute Gasteiger partial charge is 0.480 e. The van der Waals surface area contributed by atoms with Crippen molar-refractivity contribution in [1.29, 1.82) is 0 Å². The lowest BCUT2D eigenvalue weighted by Gasteiger charge is -2.48. The van der Waals surface area contributed by atoms with Gasteiger partial charge in [0.1, 0.15) is 11.8 Å². The Morgan fingerprint density at radius 3 is 2.29 bits per heavy atom. The molecular formula is C24H25BN2O7S. The molecule has 1 saturated heterocycles. The average molecular weight is 496 g/mol. The van der Waals surface area contributed by atoms with Gasteiger partial charge in [0.25, 0.3) is 0 Å². The number of nitrogens with zero attached hydrogens (tertiary/aromatic N) is 1. The molecule has 182 valence electrons. The second kappa shape index (κ2) is 9.80. The largest absolute Gasteiger partial charge is 0.488 e. The van der Waals surface area contributed by atoms with Crippen molar-refractivity contribution in [2.75, 3.05) is 13.1 Å². The number of hydrogen-bond acceptors (Lipinski definition) is 7. The Morgan fingerprint density at radius 2 is 1.69 bits per heavy atom. The van der Waals surface area contributed by atoms with Gasteiger partial charge in [0.15, 0.2) is 5.60 Å². The van der Waals surface area contributed by atoms with E-state index in [2.05, 4.69) is 0 Å². The van der Waals surface area contributed by atoms with Crippen LogP contribution in [0.2, 0.25) is 0 Å². The van der Waals surface area contributed by atoms with Crippen molar-refractivity contribution in [3.8, 4) is 5.75 Å². The minimum atomic E-state index is -3.87. The predicted octanol–water partition coefficient (Wildman–Crippen LogP) is 0.300. The number of sulfonamides is 1. The molecule has 0 aliphatic carbocycles. The molecule has 9 nitrogen and oxygen atoms in total. The van der Waals surface area contributed by atoms with Crippen molar-refractivity contribution in [2.45, 2.75) is 23.0 Å². The Balaban J connectivity index is 1.57. The number of carbonyl (C=O) groups is 1. The fraction of sp³-hybridized carbons (Fsp3) is 0.208. The highest BCUT2D eigenvalue weighted by atomic mass is 32.2. The SMILES string of the molecule is N[C@@H](Cc1cccc(S(=O)(=O)N2CC(Oc3ccc(B(O)O)cc3)(c3ccccc3)C2)c1)C(=O)O. The fourth-order valence-corrected chi connectivity index (χ4v) is 5.60. The zero-order valence-corrected chi connectivity index (χ0v) is 19.5. The molecule has 4 rings (SSSR count). The third-order valence-electron chi connectivity index (χ3n) is 5.96. The Bertz CT molecular complexity index is 1290. The van der Waals surface area contributed by atoms with Crippen molar-refractivity contribution < 1.29 is 33.1 Å². The number of aliphatic carboxylic acids is 1. The molecular weight excluding hydrogens is 471 g/mol. The first kappa shape index (κ1) is 24.9. The first-order chi connectivity index (χ1) is 16.6. The maximum Gasteiger partial charge on any atom is 0.488 e. The van der Waals surface area contributed by atoms with Gasteiger partial charge in [0.05, 0.1) is 18.0 Å². The normalized spacial score (nSPS) is 16.2. The average Bonchev–Trinajstić information content (AvgIpc) is 2.82. The van der Waals surface area contributed by atoms with Crippen LogP contribution in [0, 0.1) is 0 Å². The quantitative estimate of drug-likeness (QED) is 0.309. The number of hydrogen-bond donors (Lipinski definition) is 4. The van der Waals surface area contributed by atoms with E-state index in [0.717, 1.165) is 5.56 Å². The third-order valence-corrected chi connectivity index (χ3v) is 7.75. The van der Waals surface area contributed by atoms with E-state index in [-0.39, 0.29) is 24.4 Å². The van der Waals surface area contributed by atoms with E-state index in [9.17, 15) is 23.3 Å². The van der Waals surface area contributed by atoms with Crippen LogP contribution >= 0.6 is 0 Å². The molecule has 3 aromatic carbocycles. The summed E-state index contributed by atoms with van der Waals surface area (Å²) >= 11 is 0. The van der Waals surface area contributed by atoms with Crippen molar-refractivity contribution >= 4 is 28.6 Å². The Kier molecular flexibility index (Phi) is 6.97. The topological polar surface area (TPSA) is 150 Å². The van der Waals surface area contributed by atoms with E-state index in [1.165, 1.54) is 28.6 Å². The second-order valence-corrected chi connectivity index (χ2v) is 10.4. The number of benzene rings is 3. The van der Waals surface area contributed by atoms with Gasteiger partial charge in [0.2, 0.25) is 10.0 Å². The monoisotopic (exact) mass is 496 g/mol. The maximum absolute atomic E-state index is 13.3. The highest BCUT2D eigenvalue weighted by Gasteiger charge is 2.52. The van der Waals surface area contributed by atoms with Crippen LogP contribution in [0.4, 0.5) is 0 Å². The molecule has 5 N–H and O–H groups in total. The number of rotatable bonds is 9. The number of nitrogens with two attached hydrogens (primary N) is 1. The molecule has 11 heteroatoms. The highest BCUT2D eigenvalue weighted by Crippen LogP contribution is 2.40. The van der Waals surface area contributed by atoms with Crippen molar-refractivity contribution in [2.24, 2.45) is 5.73 Å². The summed E-state index contributed by atoms with van der Waals surface area (Å²) in [6.07, 6.45) is 0.00822. The molecule has 1 fully saturated rings. The molecule has 3 aromatic rings. The van der Waals surface area contributed by atoms with Gasteiger partial charge in [0, 0.05) is 0 Å². The van der Waals surface area contributed by atoms with Crippen LogP contribution in [0.25, 0.3) is 0 Å². The van der Waals surface area contributed by atoms with Gasteiger partial charge in [-0.05, 0) is 47.3 Å². The molecule has 1 aliphatic heterocycles. The molecule has 0 aromatic heterocycles. The van der Waals surface area contributed by atoms with Crippen molar-refractivity contribution in [1.82, 2.24) is 4.31 Å². The van der Waals surface area contributed by atoms with Gasteiger partial charge in [-0.1, -0.05) is 54.6 Å². The zero-order chi connectivity index (χ0) is 25.2. The lowest BCUT2D eigenvalue weighted by atomic mass is 9.80. The number of carboxylic acid groups (broad SMARTS) is 1. The minimum Gasteiger partial charge on any atom is -0.480 e. The van der Waals surface area contributed by atoms with E-state index < -0.39 is 34.8 Å². The number of ether oxygens (including phenoxy) is 1. The van der Waals surface area contributed by atoms with Gasteiger partial charge >= 0.3 is 13.1 Å². The summed E-state index contributed by atoms with van der Waals surface area (Å²) in [7, 11) is -5.47. The molecule has 35 heavy (non-hydrogen) atoms. The molecule has 1 aliphatic rings. The Labute approximate surface area is 203 Å². The summed E-state index contributed by atoms with van der Waals surface area (Å²) in [6, 6.07) is 20.5. The number of carboxylic acids is 1. The lowest BCUT2D eigenvalue weighted by molar-refractivity contribution is -0.138. The third kappa shape index (κ3) is 5.24. The van der Waals surface area contributed by atoms with Crippen LogP contribution in [0.1, 0.15) is 11.1 Å². The van der Waals surface area contributed by atoms with Crippen LogP contribution in [-0.4, -0.2) is 60.1 Å². The molecule has 0 spiro atoms. The highest BCUT2D eigenvalue weighted by molar-refractivity contribution is 7.89. The van der Waals surface area contributed by atoms with Gasteiger partial charge in [-0.25, -0.2) is 8.42 Å². The van der Waals surface area contributed by atoms with Crippen molar-refractivity contribution in [3.63, 3.8) is 0 Å². The summed E-state index contributed by atoms with van der Waals surface area (Å²) < 4.78 is 34.3. The maximum atomic E-state index is 13.3. The molecule has 0 saturated carbocycles. The van der Waals surface area contributed by atoms with E-state index in [4.69, 9.17) is 15.6 Å². The van der Waals surface area contributed by atoms with Gasteiger partial charge in [-0.3, -0.25) is 4.79 Å². The van der Waals surface area contributed by atoms with E-state index in [1.54, 1.807) is 24.3 Å². The summed E-state index contributed by atoms with van der Waals surface area (Å²) in [5, 5.41) is 27.7. The zero-order valence-electron chi connectivity index (χ0n) is 18.7. The Hall–Kier alpha value is -3.22. The van der Waals surface area contributed by atoms with E-state index >= 15 is 0 Å². The summed E-state index contributed by atoms with van der Waals surface area (Å²) in [6.45, 7) is 0.116. The molecule has 0 amide bonds. The van der Waals surface area contributed by atoms with Crippen LogP contribution in [0.15, 0.2) is 83.8 Å². The summed E-state index contributed by atoms with van der Waals surface area (Å²) in [5.41, 5.74) is 6.29. The fourth-order valence-electron chi connectivity index (χ4n) is 4.00. The summed E-state index contributed by atoms with van der Waals surface area (Å²) in [5.74, 6) is -0.702. The molecule has 0 radical (unpaired) electrons. The van der Waals surface area contributed by atoms with Gasteiger partial charge in [-0.2, -0.15) is 4.31 Å². The first-order valence-corrected chi connectivity index (χ1v) is 12.3. The molecule has 0 unspecified atom stereocenters. The summed E-state index contributed by atoms with van der Waals surface area (Å²) in [4.78, 5) is 11.1. The van der Waals surface area contributed by atoms with Crippen LogP contribution < -0.4 is 15.9 Å². The Morgan fingerprint density at radius 1 is 1.03 bits per heavy atom. The van der Waals surface area contributed by atoms with Gasteiger partial charge in [-0.15, -0.1) is 0 Å². The molecule has 1 heterocycles. The van der Waals surface area contributed by atoms with Crippen LogP contribution in [0.5, 0.6) is 5.75 Å². The van der Waals surface area contributed by atoms with Crippen molar-refractivity contribution in [3.05, 3.63) is 90.0 Å². The minimum absolute atomic E-state index is 0.00822. The van der Waals surface area contributed by atoms with Crippen LogP contribution in [-0.2, 0) is 26.8 Å². The first-order valence-electron chi connectivity index (χ1n) is 10.9. The second-order valence-electron chi connectivity index (χ2n) is 8.47. The lowest BCUT2D eigenvalue weighted by Crippen LogP contribution is -2.64. The standard InChI is InChI=1S/C24H25BN2O7S/c26-22(23(28)29)14-17-5-4-8-21(13-17)35(32,33)27-15-24(16-27,18-6-2-1-3-7-18)34-20-11-9-19(10-12-20)25(30)31/h1-13,22,30-31H,14-16,26H2,(H,28,29)/t22-/m0/s1. The van der Waals surface area contributed by atoms with E-state index in [0.29, 0.717) is 16.8 Å². The predicted molar refractivity (Wildman–Crippen MR) is 130 cm³/mol. The van der Waals surface area contributed by atoms with Crippen LogP contribution in [0.3, 0.4) is 0 Å². The molecule has 1 atom stereocenters. The van der Waals surface area contributed by atoms with Gasteiger partial charge < -0.3 is 25.6 Å². The van der Waals surface area contributed by atoms with E-state index in [1.807, 2.05) is 30.3 Å². The molecule has 0 bridgehead atoms.